The molecule has 1 aromatic heterocycles. The largest absolute Gasteiger partial charge is 0.440 e. The van der Waals surface area contributed by atoms with Crippen molar-refractivity contribution >= 4 is 17.7 Å². The first kappa shape index (κ1) is 18.0. The molecule has 0 atom stereocenters. The number of hydrogen-bond acceptors (Lipinski definition) is 6. The van der Waals surface area contributed by atoms with Gasteiger partial charge < -0.3 is 4.74 Å². The van der Waals surface area contributed by atoms with Crippen LogP contribution in [0.1, 0.15) is 21.6 Å². The summed E-state index contributed by atoms with van der Waals surface area (Å²) in [6.07, 6.45) is -2.81. The third-order valence-corrected chi connectivity index (χ3v) is 3.69. The van der Waals surface area contributed by atoms with Gasteiger partial charge in [-0.25, -0.2) is 9.36 Å². The second-order valence-corrected chi connectivity index (χ2v) is 5.41. The molecule has 0 aliphatic rings. The van der Waals surface area contributed by atoms with Gasteiger partial charge in [-0.15, -0.1) is 10.2 Å². The lowest BCUT2D eigenvalue weighted by Gasteiger charge is -2.11. The Morgan fingerprint density at radius 3 is 2.42 bits per heavy atom. The van der Waals surface area contributed by atoms with Gasteiger partial charge in [0, 0.05) is 0 Å². The van der Waals surface area contributed by atoms with Gasteiger partial charge in [0.15, 0.2) is 11.9 Å². The SMILES string of the molecule is CSc1nnc(C)c(=O)n1COC(=O)c1ccc(C(F)(F)F)cc1. The number of aryl methyl sites for hydroxylation is 1. The Labute approximate surface area is 138 Å². The molecule has 0 unspecified atom stereocenters. The number of nitrogens with zero attached hydrogens (tertiary/aromatic N) is 3. The highest BCUT2D eigenvalue weighted by Crippen LogP contribution is 2.29. The zero-order valence-electron chi connectivity index (χ0n) is 12.6. The van der Waals surface area contributed by atoms with Crippen LogP contribution in [0.2, 0.25) is 0 Å². The number of halogens is 3. The minimum absolute atomic E-state index is 0.0551. The van der Waals surface area contributed by atoms with Crippen molar-refractivity contribution in [2.45, 2.75) is 25.0 Å². The molecular formula is C14H12F3N3O3S. The number of esters is 1. The first-order chi connectivity index (χ1) is 11.2. The highest BCUT2D eigenvalue weighted by Gasteiger charge is 2.30. The molecular weight excluding hydrogens is 347 g/mol. The molecule has 6 nitrogen and oxygen atoms in total. The van der Waals surface area contributed by atoms with Crippen LogP contribution in [0.5, 0.6) is 0 Å². The Balaban J connectivity index is 2.14. The fourth-order valence-corrected chi connectivity index (χ4v) is 2.24. The van der Waals surface area contributed by atoms with Crippen LogP contribution in [-0.2, 0) is 17.6 Å². The van der Waals surface area contributed by atoms with Crippen LogP contribution in [0.15, 0.2) is 34.2 Å². The molecule has 0 fully saturated rings. The monoisotopic (exact) mass is 359 g/mol. The van der Waals surface area contributed by atoms with E-state index in [1.807, 2.05) is 0 Å². The lowest BCUT2D eigenvalue weighted by molar-refractivity contribution is -0.137. The van der Waals surface area contributed by atoms with Gasteiger partial charge in [0.05, 0.1) is 11.1 Å². The molecule has 10 heteroatoms. The van der Waals surface area contributed by atoms with Gasteiger partial charge in [0.1, 0.15) is 5.69 Å². The fourth-order valence-electron chi connectivity index (χ4n) is 1.76. The van der Waals surface area contributed by atoms with E-state index in [-0.39, 0.29) is 16.4 Å². The summed E-state index contributed by atoms with van der Waals surface area (Å²) in [5, 5.41) is 7.74. The molecule has 24 heavy (non-hydrogen) atoms. The molecule has 0 saturated heterocycles. The number of ether oxygens (including phenoxy) is 1. The number of carbonyl (C=O) groups excluding carboxylic acids is 1. The van der Waals surface area contributed by atoms with E-state index in [4.69, 9.17) is 4.74 Å². The number of rotatable bonds is 4. The molecule has 2 aromatic rings. The maximum Gasteiger partial charge on any atom is 0.416 e. The van der Waals surface area contributed by atoms with Gasteiger partial charge in [-0.3, -0.25) is 4.79 Å². The molecule has 0 bridgehead atoms. The average Bonchev–Trinajstić information content (AvgIpc) is 2.55. The lowest BCUT2D eigenvalue weighted by Crippen LogP contribution is -2.28. The summed E-state index contributed by atoms with van der Waals surface area (Å²) >= 11 is 1.14. The zero-order valence-corrected chi connectivity index (χ0v) is 13.4. The predicted octanol–water partition coefficient (Wildman–Crippen LogP) is 2.50. The zero-order chi connectivity index (χ0) is 17.9. The second-order valence-electron chi connectivity index (χ2n) is 4.64. The molecule has 0 aliphatic carbocycles. The van der Waals surface area contributed by atoms with Crippen LogP contribution in [0.25, 0.3) is 0 Å². The fraction of sp³-hybridized carbons (Fsp3) is 0.286. The third-order valence-electron chi connectivity index (χ3n) is 3.03. The van der Waals surface area contributed by atoms with Crippen LogP contribution in [-0.4, -0.2) is 27.0 Å². The molecule has 2 rings (SSSR count). The van der Waals surface area contributed by atoms with Crippen molar-refractivity contribution in [3.8, 4) is 0 Å². The topological polar surface area (TPSA) is 74.1 Å². The smallest absolute Gasteiger partial charge is 0.416 e. The quantitative estimate of drug-likeness (QED) is 0.617. The number of hydrogen-bond donors (Lipinski definition) is 0. The number of thioether (sulfide) groups is 1. The minimum Gasteiger partial charge on any atom is -0.440 e. The van der Waals surface area contributed by atoms with Crippen molar-refractivity contribution in [2.24, 2.45) is 0 Å². The summed E-state index contributed by atoms with van der Waals surface area (Å²) in [5.74, 6) is -0.850. The van der Waals surface area contributed by atoms with Crippen LogP contribution < -0.4 is 5.56 Å². The molecule has 1 aromatic carbocycles. The van der Waals surface area contributed by atoms with E-state index in [1.165, 1.54) is 6.92 Å². The van der Waals surface area contributed by atoms with E-state index >= 15 is 0 Å². The van der Waals surface area contributed by atoms with Gasteiger partial charge in [-0.05, 0) is 37.4 Å². The molecule has 128 valence electrons. The average molecular weight is 359 g/mol. The Morgan fingerprint density at radius 1 is 1.25 bits per heavy atom. The second kappa shape index (κ2) is 7.04. The third kappa shape index (κ3) is 3.94. The Morgan fingerprint density at radius 2 is 1.88 bits per heavy atom. The summed E-state index contributed by atoms with van der Waals surface area (Å²) in [5.41, 5.74) is -1.25. The number of benzene rings is 1. The van der Waals surface area contributed by atoms with Crippen molar-refractivity contribution in [3.05, 3.63) is 51.4 Å². The van der Waals surface area contributed by atoms with E-state index in [9.17, 15) is 22.8 Å². The molecule has 0 spiro atoms. The van der Waals surface area contributed by atoms with Gasteiger partial charge in [-0.2, -0.15) is 13.2 Å². The maximum atomic E-state index is 12.5. The van der Waals surface area contributed by atoms with Gasteiger partial charge >= 0.3 is 12.1 Å². The van der Waals surface area contributed by atoms with Crippen LogP contribution in [0.3, 0.4) is 0 Å². The molecule has 0 saturated carbocycles. The van der Waals surface area contributed by atoms with E-state index in [2.05, 4.69) is 10.2 Å². The molecule has 0 radical (unpaired) electrons. The lowest BCUT2D eigenvalue weighted by atomic mass is 10.1. The van der Waals surface area contributed by atoms with E-state index < -0.39 is 30.0 Å². The van der Waals surface area contributed by atoms with Gasteiger partial charge in [0.25, 0.3) is 5.56 Å². The standard InChI is InChI=1S/C14H12F3N3O3S/c1-8-11(21)20(13(24-2)19-18-8)7-23-12(22)9-3-5-10(6-4-9)14(15,16)17/h3-6H,7H2,1-2H3. The van der Waals surface area contributed by atoms with Crippen LogP contribution >= 0.6 is 11.8 Å². The van der Waals surface area contributed by atoms with Crippen molar-refractivity contribution in [2.75, 3.05) is 6.26 Å². The van der Waals surface area contributed by atoms with Gasteiger partial charge in [-0.1, -0.05) is 11.8 Å². The van der Waals surface area contributed by atoms with Crippen LogP contribution in [0.4, 0.5) is 13.2 Å². The highest BCUT2D eigenvalue weighted by molar-refractivity contribution is 7.98. The van der Waals surface area contributed by atoms with Gasteiger partial charge in [0.2, 0.25) is 0 Å². The van der Waals surface area contributed by atoms with E-state index in [1.54, 1.807) is 6.26 Å². The first-order valence-electron chi connectivity index (χ1n) is 6.56. The summed E-state index contributed by atoms with van der Waals surface area (Å²) in [6, 6.07) is 3.60. The molecule has 1 heterocycles. The van der Waals surface area contributed by atoms with E-state index in [0.717, 1.165) is 40.6 Å². The van der Waals surface area contributed by atoms with Crippen molar-refractivity contribution in [1.82, 2.24) is 14.8 Å². The predicted molar refractivity (Wildman–Crippen MR) is 79.7 cm³/mol. The summed E-state index contributed by atoms with van der Waals surface area (Å²) in [6.45, 7) is 1.05. The minimum atomic E-state index is -4.48. The number of aromatic nitrogens is 3. The summed E-state index contributed by atoms with van der Waals surface area (Å²) in [7, 11) is 0. The molecule has 0 amide bonds. The normalized spacial score (nSPS) is 11.4. The van der Waals surface area contributed by atoms with E-state index in [0.29, 0.717) is 0 Å². The Hall–Kier alpha value is -2.36. The molecule has 0 N–H and O–H groups in total. The Bertz CT molecular complexity index is 804. The summed E-state index contributed by atoms with van der Waals surface area (Å²) < 4.78 is 43.6. The maximum absolute atomic E-state index is 12.5. The van der Waals surface area contributed by atoms with Crippen molar-refractivity contribution < 1.29 is 22.7 Å². The number of alkyl halides is 3. The molecule has 0 aliphatic heterocycles. The summed E-state index contributed by atoms with van der Waals surface area (Å²) in [4.78, 5) is 23.9. The highest BCUT2D eigenvalue weighted by atomic mass is 32.2. The first-order valence-corrected chi connectivity index (χ1v) is 7.79. The number of carbonyl (C=O) groups is 1. The van der Waals surface area contributed by atoms with Crippen molar-refractivity contribution in [3.63, 3.8) is 0 Å². The van der Waals surface area contributed by atoms with Crippen molar-refractivity contribution in [1.29, 1.82) is 0 Å². The Kier molecular flexibility index (Phi) is 5.27. The van der Waals surface area contributed by atoms with Crippen LogP contribution in [0, 0.1) is 6.92 Å².